The van der Waals surface area contributed by atoms with Crippen molar-refractivity contribution >= 4 is 0 Å². The molecule has 0 unspecified atom stereocenters. The van der Waals surface area contributed by atoms with Gasteiger partial charge in [-0.1, -0.05) is 163 Å². The van der Waals surface area contributed by atoms with Gasteiger partial charge in [0.05, 0.1) is 56.3 Å². The molecule has 4 N–H and O–H groups in total. The third-order valence-corrected chi connectivity index (χ3v) is 17.9. The number of hydrogen-bond acceptors (Lipinski definition) is 20. The Labute approximate surface area is 647 Å². The van der Waals surface area contributed by atoms with Crippen LogP contribution in [-0.4, -0.2) is 109 Å². The number of benzene rings is 12. The number of phenolic OH excluding ortho intramolecular Hbond substituents is 4. The third-order valence-electron chi connectivity index (χ3n) is 17.9. The number of rotatable bonds is 16. The molecule has 12 aromatic carbocycles. The summed E-state index contributed by atoms with van der Waals surface area (Å²) < 4.78 is 21.2. The number of phenols is 4. The van der Waals surface area contributed by atoms with Crippen molar-refractivity contribution in [2.45, 2.75) is 27.7 Å². The van der Waals surface area contributed by atoms with Crippen molar-refractivity contribution in [1.29, 1.82) is 0 Å². The second-order valence-corrected chi connectivity index (χ2v) is 25.5. The van der Waals surface area contributed by atoms with Gasteiger partial charge in [-0.3, -0.25) is 0 Å². The van der Waals surface area contributed by atoms with Gasteiger partial charge in [0.15, 0.2) is 69.9 Å². The SMILES string of the molecule is COc1ccc(-c2nc(-c3ccc(C)cc3)nc(-c3ccc(C)cc3O)n2)cc1.COc1ccc(-c2nc(-c3ccccc3)nc(-c3ccccc3O)n2)cc1.COc1ccc(-c2nc(-c3ccccc3C)nc(-c3ccccc3O)n2)cc1.COc1ccccc1-c1nc(-c2ccccc2C)nc(-c2ccccc2O)n1. The molecule has 16 rings (SSSR count). The Balaban J connectivity index is 0.000000131. The lowest BCUT2D eigenvalue weighted by Crippen LogP contribution is -2.02. The minimum atomic E-state index is 0.121. The molecule has 4 heterocycles. The Morgan fingerprint density at radius 2 is 0.446 bits per heavy atom. The molecule has 20 nitrogen and oxygen atoms in total. The molecular formula is C92H76N12O8. The standard InChI is InChI=1S/C24H21N3O2.2C23H19N3O2.C22H17N3O2/c1-15-4-7-17(8-5-15)22-25-23(18-9-11-19(29-3)12-10-18)27-24(26-22)20-13-6-16(2)14-21(20)28;1-15-9-3-4-10-16(15)21-24-22(17-11-5-7-13-19(17)27)26-23(25-21)18-12-6-8-14-20(18)28-2;1-15-7-3-4-8-18(15)22-24-21(16-11-13-17(28-2)14-12-16)25-23(26-22)19-9-5-6-10-20(19)27;1-27-17-13-11-16(12-14-17)21-23-20(15-7-3-2-4-8-15)24-22(25-21)18-9-5-6-10-19(18)26/h4-14,28H,1-3H3;2*3-14,27H,1-2H3;2-14,26H,1H3. The van der Waals surface area contributed by atoms with Crippen LogP contribution in [0.4, 0.5) is 0 Å². The Kier molecular flexibility index (Phi) is 23.7. The third kappa shape index (κ3) is 18.0. The molecule has 0 saturated heterocycles. The highest BCUT2D eigenvalue weighted by molar-refractivity contribution is 5.76. The molecule has 0 aliphatic rings. The molecule has 112 heavy (non-hydrogen) atoms. The quantitative estimate of drug-likeness (QED) is 0.0700. The molecule has 0 spiro atoms. The molecule has 0 fully saturated rings. The maximum Gasteiger partial charge on any atom is 0.167 e. The number of nitrogens with zero attached hydrogens (tertiary/aromatic N) is 12. The van der Waals surface area contributed by atoms with Crippen LogP contribution in [0.15, 0.2) is 291 Å². The van der Waals surface area contributed by atoms with Gasteiger partial charge in [0.1, 0.15) is 46.0 Å². The van der Waals surface area contributed by atoms with Crippen LogP contribution in [0.5, 0.6) is 46.0 Å². The predicted molar refractivity (Wildman–Crippen MR) is 436 cm³/mol. The van der Waals surface area contributed by atoms with Crippen molar-refractivity contribution in [2.24, 2.45) is 0 Å². The Morgan fingerprint density at radius 3 is 0.777 bits per heavy atom. The first kappa shape index (κ1) is 75.3. The van der Waals surface area contributed by atoms with Gasteiger partial charge < -0.3 is 39.4 Å². The van der Waals surface area contributed by atoms with Crippen molar-refractivity contribution in [3.63, 3.8) is 0 Å². The van der Waals surface area contributed by atoms with Crippen molar-refractivity contribution < 1.29 is 39.4 Å². The molecular weight excluding hydrogens is 1400 g/mol. The van der Waals surface area contributed by atoms with E-state index >= 15 is 0 Å². The van der Waals surface area contributed by atoms with Gasteiger partial charge in [-0.2, -0.15) is 0 Å². The summed E-state index contributed by atoms with van der Waals surface area (Å²) in [5.41, 5.74) is 13.4. The van der Waals surface area contributed by atoms with E-state index in [9.17, 15) is 20.4 Å². The number of aromatic hydroxyl groups is 4. The fraction of sp³-hybridized carbons (Fsp3) is 0.0870. The first-order valence-electron chi connectivity index (χ1n) is 35.6. The normalized spacial score (nSPS) is 10.6. The smallest absolute Gasteiger partial charge is 0.167 e. The first-order chi connectivity index (χ1) is 54.6. The minimum absolute atomic E-state index is 0.121. The van der Waals surface area contributed by atoms with E-state index in [1.54, 1.807) is 89.1 Å². The number of aromatic nitrogens is 12. The van der Waals surface area contributed by atoms with Gasteiger partial charge in [-0.05, 0) is 178 Å². The molecule has 552 valence electrons. The van der Waals surface area contributed by atoms with E-state index < -0.39 is 0 Å². The molecule has 0 atom stereocenters. The second kappa shape index (κ2) is 35.2. The van der Waals surface area contributed by atoms with E-state index in [0.29, 0.717) is 97.9 Å². The van der Waals surface area contributed by atoms with Gasteiger partial charge in [0, 0.05) is 38.9 Å². The molecule has 20 heteroatoms. The lowest BCUT2D eigenvalue weighted by molar-refractivity contribution is 0.414. The van der Waals surface area contributed by atoms with Crippen molar-refractivity contribution in [1.82, 2.24) is 59.8 Å². The zero-order chi connectivity index (χ0) is 78.0. The molecule has 0 bridgehead atoms. The van der Waals surface area contributed by atoms with Gasteiger partial charge in [-0.25, -0.2) is 59.8 Å². The van der Waals surface area contributed by atoms with Crippen LogP contribution in [0.1, 0.15) is 22.3 Å². The summed E-state index contributed by atoms with van der Waals surface area (Å²) in [5, 5.41) is 41.3. The minimum Gasteiger partial charge on any atom is -0.507 e. The highest BCUT2D eigenvalue weighted by Crippen LogP contribution is 2.37. The zero-order valence-electron chi connectivity index (χ0n) is 62.5. The molecule has 0 amide bonds. The van der Waals surface area contributed by atoms with Crippen LogP contribution in [0.3, 0.4) is 0 Å². The maximum atomic E-state index is 10.5. The second-order valence-electron chi connectivity index (χ2n) is 25.5. The molecule has 4 aromatic heterocycles. The van der Waals surface area contributed by atoms with Gasteiger partial charge in [-0.15, -0.1) is 0 Å². The van der Waals surface area contributed by atoms with E-state index in [0.717, 1.165) is 84.0 Å². The number of ether oxygens (including phenoxy) is 4. The highest BCUT2D eigenvalue weighted by atomic mass is 16.5. The fourth-order valence-electron chi connectivity index (χ4n) is 11.8. The average molecular weight is 1480 g/mol. The van der Waals surface area contributed by atoms with Gasteiger partial charge in [0.2, 0.25) is 0 Å². The zero-order valence-corrected chi connectivity index (χ0v) is 62.5. The molecule has 16 aromatic rings. The lowest BCUT2D eigenvalue weighted by atomic mass is 10.1. The molecule has 0 radical (unpaired) electrons. The number of aryl methyl sites for hydroxylation is 4. The Hall–Kier alpha value is -14.9. The first-order valence-corrected chi connectivity index (χ1v) is 35.6. The summed E-state index contributed by atoms with van der Waals surface area (Å²) in [5.74, 6) is 9.49. The Bertz CT molecular complexity index is 5810. The number of methoxy groups -OCH3 is 4. The van der Waals surface area contributed by atoms with Crippen molar-refractivity contribution in [3.8, 4) is 183 Å². The van der Waals surface area contributed by atoms with Gasteiger partial charge in [0.25, 0.3) is 0 Å². The summed E-state index contributed by atoms with van der Waals surface area (Å²) >= 11 is 0. The summed E-state index contributed by atoms with van der Waals surface area (Å²) in [6.07, 6.45) is 0. The maximum absolute atomic E-state index is 10.5. The predicted octanol–water partition coefficient (Wildman–Crippen LogP) is 19.6. The number of para-hydroxylation sites is 4. The molecule has 0 aliphatic carbocycles. The van der Waals surface area contributed by atoms with Crippen LogP contribution in [0.25, 0.3) is 137 Å². The van der Waals surface area contributed by atoms with Crippen LogP contribution < -0.4 is 18.9 Å². The summed E-state index contributed by atoms with van der Waals surface area (Å²) in [7, 11) is 6.50. The molecule has 0 saturated carbocycles. The Morgan fingerprint density at radius 1 is 0.196 bits per heavy atom. The lowest BCUT2D eigenvalue weighted by Gasteiger charge is -2.12. The van der Waals surface area contributed by atoms with Crippen LogP contribution >= 0.6 is 0 Å². The topological polar surface area (TPSA) is 273 Å². The van der Waals surface area contributed by atoms with Crippen LogP contribution in [-0.2, 0) is 0 Å². The van der Waals surface area contributed by atoms with Crippen LogP contribution in [0.2, 0.25) is 0 Å². The number of hydrogen-bond donors (Lipinski definition) is 4. The molecule has 0 aliphatic heterocycles. The summed E-state index contributed by atoms with van der Waals surface area (Å²) in [6, 6.07) is 90.3. The summed E-state index contributed by atoms with van der Waals surface area (Å²) in [6.45, 7) is 8.00. The highest BCUT2D eigenvalue weighted by Gasteiger charge is 2.21. The average Bonchev–Trinajstić information content (AvgIpc) is 0.815. The van der Waals surface area contributed by atoms with Crippen molar-refractivity contribution in [3.05, 3.63) is 313 Å². The monoisotopic (exact) mass is 1480 g/mol. The fourth-order valence-corrected chi connectivity index (χ4v) is 11.8. The van der Waals surface area contributed by atoms with E-state index in [1.807, 2.05) is 258 Å². The van der Waals surface area contributed by atoms with E-state index in [4.69, 9.17) is 28.9 Å². The van der Waals surface area contributed by atoms with Crippen LogP contribution in [0, 0.1) is 27.7 Å². The van der Waals surface area contributed by atoms with E-state index in [1.165, 1.54) is 0 Å². The summed E-state index contributed by atoms with van der Waals surface area (Å²) in [4.78, 5) is 55.8. The van der Waals surface area contributed by atoms with Gasteiger partial charge >= 0.3 is 0 Å². The van der Waals surface area contributed by atoms with E-state index in [-0.39, 0.29) is 23.0 Å². The van der Waals surface area contributed by atoms with Crippen molar-refractivity contribution in [2.75, 3.05) is 28.4 Å². The van der Waals surface area contributed by atoms with E-state index in [2.05, 4.69) is 49.8 Å². The largest absolute Gasteiger partial charge is 0.507 e.